The minimum Gasteiger partial charge on any atom is -0.406 e. The molecule has 2 N–H and O–H groups in total. The molecule has 1 saturated carbocycles. The summed E-state index contributed by atoms with van der Waals surface area (Å²) in [6.07, 6.45) is -1.36. The summed E-state index contributed by atoms with van der Waals surface area (Å²) >= 11 is 0. The average molecular weight is 273 g/mol. The van der Waals surface area contributed by atoms with Crippen LogP contribution in [0.5, 0.6) is 5.75 Å². The van der Waals surface area contributed by atoms with Gasteiger partial charge in [-0.15, -0.1) is 13.2 Å². The first-order valence-corrected chi connectivity index (χ1v) is 6.48. The summed E-state index contributed by atoms with van der Waals surface area (Å²) in [6.45, 7) is 2.15. The number of halogens is 3. The Morgan fingerprint density at radius 1 is 1.32 bits per heavy atom. The number of benzene rings is 1. The van der Waals surface area contributed by atoms with Crippen molar-refractivity contribution < 1.29 is 17.9 Å². The second-order valence-electron chi connectivity index (χ2n) is 5.22. The predicted molar refractivity (Wildman–Crippen MR) is 66.6 cm³/mol. The van der Waals surface area contributed by atoms with Crippen molar-refractivity contribution in [3.8, 4) is 5.75 Å². The summed E-state index contributed by atoms with van der Waals surface area (Å²) < 4.78 is 40.5. The molecule has 0 spiro atoms. The van der Waals surface area contributed by atoms with E-state index in [-0.39, 0.29) is 11.8 Å². The molecule has 3 atom stereocenters. The highest BCUT2D eigenvalue weighted by atomic mass is 19.4. The summed E-state index contributed by atoms with van der Waals surface area (Å²) in [5, 5.41) is 0. The van der Waals surface area contributed by atoms with Gasteiger partial charge in [-0.25, -0.2) is 0 Å². The van der Waals surface area contributed by atoms with Crippen molar-refractivity contribution in [1.82, 2.24) is 0 Å². The van der Waals surface area contributed by atoms with Crippen LogP contribution in [0.15, 0.2) is 24.3 Å². The van der Waals surface area contributed by atoms with Gasteiger partial charge in [0.15, 0.2) is 0 Å². The highest BCUT2D eigenvalue weighted by molar-refractivity contribution is 5.31. The maximum absolute atomic E-state index is 12.2. The molecule has 3 unspecified atom stereocenters. The lowest BCUT2D eigenvalue weighted by atomic mass is 9.86. The molecule has 0 radical (unpaired) electrons. The van der Waals surface area contributed by atoms with Crippen LogP contribution in [0.3, 0.4) is 0 Å². The molecule has 0 saturated heterocycles. The Morgan fingerprint density at radius 2 is 2.05 bits per heavy atom. The number of nitrogens with two attached hydrogens (primary N) is 1. The molecule has 1 fully saturated rings. The zero-order valence-corrected chi connectivity index (χ0v) is 10.8. The normalized spacial score (nSPS) is 25.3. The van der Waals surface area contributed by atoms with Gasteiger partial charge in [0.1, 0.15) is 5.75 Å². The second kappa shape index (κ2) is 5.41. The van der Waals surface area contributed by atoms with Gasteiger partial charge in [0.25, 0.3) is 0 Å². The maximum atomic E-state index is 12.2. The van der Waals surface area contributed by atoms with E-state index >= 15 is 0 Å². The van der Waals surface area contributed by atoms with Gasteiger partial charge in [-0.1, -0.05) is 31.9 Å². The van der Waals surface area contributed by atoms with Gasteiger partial charge in [0.05, 0.1) is 0 Å². The van der Waals surface area contributed by atoms with Crippen LogP contribution < -0.4 is 10.5 Å². The van der Waals surface area contributed by atoms with Crippen LogP contribution in [0, 0.1) is 11.8 Å². The number of ether oxygens (including phenoxy) is 1. The van der Waals surface area contributed by atoms with Crippen molar-refractivity contribution in [1.29, 1.82) is 0 Å². The summed E-state index contributed by atoms with van der Waals surface area (Å²) in [5.41, 5.74) is 6.90. The monoisotopic (exact) mass is 273 g/mol. The first kappa shape index (κ1) is 14.2. The molecule has 0 aliphatic heterocycles. The van der Waals surface area contributed by atoms with Gasteiger partial charge >= 0.3 is 6.36 Å². The topological polar surface area (TPSA) is 35.2 Å². The van der Waals surface area contributed by atoms with Gasteiger partial charge in [-0.05, 0) is 36.0 Å². The third-order valence-electron chi connectivity index (χ3n) is 3.87. The van der Waals surface area contributed by atoms with Crippen LogP contribution in [0.4, 0.5) is 13.2 Å². The molecule has 2 nitrogen and oxygen atoms in total. The fourth-order valence-corrected chi connectivity index (χ4v) is 2.87. The molecule has 0 heterocycles. The number of rotatable bonds is 3. The van der Waals surface area contributed by atoms with Crippen molar-refractivity contribution >= 4 is 0 Å². The summed E-state index contributed by atoms with van der Waals surface area (Å²) in [5.74, 6) is 0.648. The summed E-state index contributed by atoms with van der Waals surface area (Å²) in [6, 6.07) is 5.77. The highest BCUT2D eigenvalue weighted by Crippen LogP contribution is 2.39. The summed E-state index contributed by atoms with van der Waals surface area (Å²) in [7, 11) is 0. The first-order valence-electron chi connectivity index (χ1n) is 6.48. The van der Waals surface area contributed by atoms with E-state index in [2.05, 4.69) is 11.7 Å². The second-order valence-corrected chi connectivity index (χ2v) is 5.22. The van der Waals surface area contributed by atoms with Crippen molar-refractivity contribution in [3.05, 3.63) is 29.8 Å². The molecule has 1 aromatic rings. The van der Waals surface area contributed by atoms with Crippen molar-refractivity contribution in [2.45, 2.75) is 38.6 Å². The SMILES string of the molecule is CC1CCCC1C(N)c1cccc(OC(F)(F)F)c1. The Morgan fingerprint density at radius 3 is 2.63 bits per heavy atom. The molecule has 0 bridgehead atoms. The Bertz CT molecular complexity index is 433. The molecule has 1 aliphatic carbocycles. The van der Waals surface area contributed by atoms with Gasteiger partial charge < -0.3 is 10.5 Å². The zero-order valence-electron chi connectivity index (χ0n) is 10.8. The third kappa shape index (κ3) is 3.62. The Kier molecular flexibility index (Phi) is 4.04. The fourth-order valence-electron chi connectivity index (χ4n) is 2.87. The standard InChI is InChI=1S/C14H18F3NO/c1-9-4-2-7-12(9)13(18)10-5-3-6-11(8-10)19-14(15,16)17/h3,5-6,8-9,12-13H,2,4,7,18H2,1H3. The van der Waals surface area contributed by atoms with Crippen LogP contribution >= 0.6 is 0 Å². The molecule has 106 valence electrons. The van der Waals surface area contributed by atoms with Crippen molar-refractivity contribution in [2.24, 2.45) is 17.6 Å². The van der Waals surface area contributed by atoms with Gasteiger partial charge in [-0.3, -0.25) is 0 Å². The Hall–Kier alpha value is -1.23. The quantitative estimate of drug-likeness (QED) is 0.902. The van der Waals surface area contributed by atoms with E-state index < -0.39 is 6.36 Å². The van der Waals surface area contributed by atoms with Crippen LogP contribution in [-0.2, 0) is 0 Å². The molecular weight excluding hydrogens is 255 g/mol. The van der Waals surface area contributed by atoms with E-state index in [9.17, 15) is 13.2 Å². The average Bonchev–Trinajstić information content (AvgIpc) is 2.72. The fraction of sp³-hybridized carbons (Fsp3) is 0.571. The van der Waals surface area contributed by atoms with Crippen LogP contribution in [0.1, 0.15) is 37.8 Å². The Labute approximate surface area is 110 Å². The van der Waals surface area contributed by atoms with E-state index in [0.29, 0.717) is 17.4 Å². The van der Waals surface area contributed by atoms with Gasteiger partial charge in [0.2, 0.25) is 0 Å². The molecule has 2 rings (SSSR count). The zero-order chi connectivity index (χ0) is 14.0. The number of hydrogen-bond donors (Lipinski definition) is 1. The summed E-state index contributed by atoms with van der Waals surface area (Å²) in [4.78, 5) is 0. The molecule has 19 heavy (non-hydrogen) atoms. The van der Waals surface area contributed by atoms with Crippen LogP contribution in [-0.4, -0.2) is 6.36 Å². The number of alkyl halides is 3. The van der Waals surface area contributed by atoms with E-state index in [1.165, 1.54) is 12.1 Å². The third-order valence-corrected chi connectivity index (χ3v) is 3.87. The number of hydrogen-bond acceptors (Lipinski definition) is 2. The highest BCUT2D eigenvalue weighted by Gasteiger charge is 2.32. The van der Waals surface area contributed by atoms with Gasteiger partial charge in [-0.2, -0.15) is 0 Å². The lowest BCUT2D eigenvalue weighted by Crippen LogP contribution is -2.23. The Balaban J connectivity index is 2.14. The predicted octanol–water partition coefficient (Wildman–Crippen LogP) is 4.02. The molecule has 0 amide bonds. The minimum atomic E-state index is -4.66. The minimum absolute atomic E-state index is 0.203. The lowest BCUT2D eigenvalue weighted by molar-refractivity contribution is -0.274. The van der Waals surface area contributed by atoms with E-state index in [1.54, 1.807) is 12.1 Å². The maximum Gasteiger partial charge on any atom is 0.573 e. The smallest absolute Gasteiger partial charge is 0.406 e. The largest absolute Gasteiger partial charge is 0.573 e. The van der Waals surface area contributed by atoms with Crippen LogP contribution in [0.2, 0.25) is 0 Å². The molecule has 0 aromatic heterocycles. The van der Waals surface area contributed by atoms with Gasteiger partial charge in [0, 0.05) is 6.04 Å². The van der Waals surface area contributed by atoms with E-state index in [0.717, 1.165) is 19.3 Å². The lowest BCUT2D eigenvalue weighted by Gasteiger charge is -2.24. The molecule has 1 aromatic carbocycles. The molecule has 1 aliphatic rings. The molecule has 5 heteroatoms. The molecular formula is C14H18F3NO. The van der Waals surface area contributed by atoms with Crippen molar-refractivity contribution in [3.63, 3.8) is 0 Å². The van der Waals surface area contributed by atoms with E-state index in [4.69, 9.17) is 5.73 Å². The van der Waals surface area contributed by atoms with E-state index in [1.807, 2.05) is 0 Å². The van der Waals surface area contributed by atoms with Crippen molar-refractivity contribution in [2.75, 3.05) is 0 Å². The van der Waals surface area contributed by atoms with Crippen LogP contribution in [0.25, 0.3) is 0 Å². The first-order chi connectivity index (χ1) is 8.87.